The second-order valence-electron chi connectivity index (χ2n) is 21.6. The molecule has 0 fully saturated rings. The number of ether oxygens (including phenoxy) is 7. The van der Waals surface area contributed by atoms with Gasteiger partial charge in [-0.3, -0.25) is 35.2 Å². The number of cyclic esters (lactones) is 1. The Kier molecular flexibility index (Phi) is 25.0. The van der Waals surface area contributed by atoms with Crippen molar-refractivity contribution in [3.63, 3.8) is 0 Å². The van der Waals surface area contributed by atoms with E-state index in [0.717, 1.165) is 5.56 Å². The Labute approximate surface area is 513 Å². The number of pyridine rings is 2. The van der Waals surface area contributed by atoms with Crippen molar-refractivity contribution in [3.8, 4) is 11.4 Å². The summed E-state index contributed by atoms with van der Waals surface area (Å²) in [7, 11) is 0. The van der Waals surface area contributed by atoms with Crippen LogP contribution >= 0.6 is 0 Å². The number of carbonyl (C=O) groups is 5. The highest BCUT2D eigenvalue weighted by Crippen LogP contribution is 2.46. The second-order valence-corrected chi connectivity index (χ2v) is 21.6. The Morgan fingerprint density at radius 2 is 1.49 bits per heavy atom. The molecule has 4 amide bonds. The van der Waals surface area contributed by atoms with Crippen LogP contribution in [0.15, 0.2) is 76.6 Å². The topological polar surface area (TPSA) is 360 Å². The van der Waals surface area contributed by atoms with Crippen LogP contribution in [-0.4, -0.2) is 154 Å². The number of fused-ring (bicyclic) bond motifs is 5. The van der Waals surface area contributed by atoms with E-state index in [-0.39, 0.29) is 81.9 Å². The van der Waals surface area contributed by atoms with Crippen LogP contribution in [0.1, 0.15) is 102 Å². The monoisotopic (exact) mass is 1240 g/mol. The first-order valence-corrected chi connectivity index (χ1v) is 29.9. The number of unbranched alkanes of at least 4 members (excludes halogenated alkanes) is 1. The minimum atomic E-state index is -2.07. The molecular formula is C62H78FN11O15. The van der Waals surface area contributed by atoms with Gasteiger partial charge in [0.2, 0.25) is 17.7 Å². The number of nitrogens with one attached hydrogen (secondary N) is 5. The number of halogens is 1. The molecule has 5 aromatic rings. The van der Waals surface area contributed by atoms with Crippen molar-refractivity contribution >= 4 is 46.2 Å². The van der Waals surface area contributed by atoms with Gasteiger partial charge in [-0.2, -0.15) is 0 Å². The van der Waals surface area contributed by atoms with Crippen LogP contribution < -0.4 is 38.1 Å². The van der Waals surface area contributed by atoms with Crippen molar-refractivity contribution in [3.05, 3.63) is 138 Å². The number of aliphatic hydroxyl groups excluding tert-OH is 1. The van der Waals surface area contributed by atoms with Gasteiger partial charge in [-0.25, -0.2) is 14.2 Å². The van der Waals surface area contributed by atoms with Crippen molar-refractivity contribution in [2.24, 2.45) is 11.0 Å². The third-order valence-corrected chi connectivity index (χ3v) is 15.8. The van der Waals surface area contributed by atoms with Crippen molar-refractivity contribution in [2.45, 2.75) is 108 Å². The zero-order chi connectivity index (χ0) is 63.3. The molecule has 0 saturated carbocycles. The van der Waals surface area contributed by atoms with Gasteiger partial charge in [0.1, 0.15) is 24.5 Å². The molecule has 2 aromatic heterocycles. The van der Waals surface area contributed by atoms with Crippen LogP contribution in [0, 0.1) is 12.7 Å². The molecule has 478 valence electrons. The predicted octanol–water partition coefficient (Wildman–Crippen LogP) is 3.95. The Hall–Kier alpha value is -7.79. The molecule has 4 heterocycles. The van der Waals surface area contributed by atoms with Gasteiger partial charge in [0.15, 0.2) is 11.7 Å². The number of azide groups is 1. The van der Waals surface area contributed by atoms with E-state index in [1.54, 1.807) is 19.9 Å². The summed E-state index contributed by atoms with van der Waals surface area (Å²) in [6, 6.07) is 15.2. The number of rotatable bonds is 37. The largest absolute Gasteiger partial charge is 0.458 e. The van der Waals surface area contributed by atoms with E-state index < -0.39 is 70.8 Å². The Bertz CT molecular complexity index is 3390. The summed E-state index contributed by atoms with van der Waals surface area (Å²) in [6.07, 6.45) is 0.309. The van der Waals surface area contributed by atoms with Crippen molar-refractivity contribution in [1.29, 1.82) is 0 Å². The number of anilines is 1. The number of benzene rings is 3. The molecule has 3 aromatic carbocycles. The molecular weight excluding hydrogens is 1160 g/mol. The van der Waals surface area contributed by atoms with E-state index in [1.165, 1.54) is 34.9 Å². The van der Waals surface area contributed by atoms with Crippen molar-refractivity contribution in [1.82, 2.24) is 30.9 Å². The maximum atomic E-state index is 15.6. The van der Waals surface area contributed by atoms with E-state index in [2.05, 4.69) is 36.7 Å². The molecule has 9 N–H and O–H groups in total. The number of aryl methyl sites for hydroxylation is 1. The third kappa shape index (κ3) is 17.3. The summed E-state index contributed by atoms with van der Waals surface area (Å²) in [5, 5.41) is 38.6. The standard InChI is InChI=1S/C62H78FN11O15/c1-3-62(82)45-34-51-55-43(36-74(51)60(80)44(45)37-89-61(62)81)54-47(17-16-42-38(2)46(63)35-49(70-55)53(42)54)71-59(79)56(76)40-12-14-41(15-13-40)68-57(77)48(11-7-8-19-66-64)72-58(78)50(33-39-9-5-4-6-10-39)69-52(75)18-21-83-23-25-85-27-29-87-31-32-88-30-28-86-26-24-84-22-20-67-73-65/h4-6,9-10,12-15,34-35,47-48,50,56,66,76,82H,3,7-8,11,16-33,36-37,64H2,1-2H3,(H,68,77)(H,69,75)(H,71,79)(H,72,78)/t47-,48?,50-,56?,62-/m0/s1. The van der Waals surface area contributed by atoms with Crippen molar-refractivity contribution in [2.75, 3.05) is 97.7 Å². The van der Waals surface area contributed by atoms with Gasteiger partial charge in [-0.15, -0.1) is 0 Å². The van der Waals surface area contributed by atoms with E-state index in [4.69, 9.17) is 49.5 Å². The number of esters is 1. The van der Waals surface area contributed by atoms with Crippen LogP contribution in [0.25, 0.3) is 32.7 Å². The molecule has 5 atom stereocenters. The number of hydrogen-bond acceptors (Lipinski definition) is 19. The fraction of sp³-hybridized carbons (Fsp3) is 0.500. The smallest absolute Gasteiger partial charge is 0.343 e. The SMILES string of the molecule is CC[C@@]1(O)C(=O)OCc2c1cc1n(c2=O)Cc2c-1nc1cc(F)c(C)c3c1c2[C@@H](NC(=O)C(O)c1ccc(NC(=O)C(CCCCNN)NC(=O)[C@H](Cc2ccccc2)NC(=O)CCOCCOCCOCCOCCOCCOCCN=[N+]=[N-])cc1)CC3. The van der Waals surface area contributed by atoms with Crippen molar-refractivity contribution < 1.29 is 71.7 Å². The molecule has 89 heavy (non-hydrogen) atoms. The lowest BCUT2D eigenvalue weighted by atomic mass is 9.81. The minimum Gasteiger partial charge on any atom is -0.458 e. The normalized spacial score (nSPS) is 16.5. The summed E-state index contributed by atoms with van der Waals surface area (Å²) in [4.78, 5) is 90.2. The van der Waals surface area contributed by atoms with Gasteiger partial charge in [0, 0.05) is 59.1 Å². The van der Waals surface area contributed by atoms with E-state index in [1.807, 2.05) is 30.3 Å². The third-order valence-electron chi connectivity index (χ3n) is 15.8. The Morgan fingerprint density at radius 3 is 2.13 bits per heavy atom. The molecule has 0 bridgehead atoms. The first kappa shape index (κ1) is 67.1. The number of nitrogens with two attached hydrogens (primary N) is 1. The van der Waals surface area contributed by atoms with Crippen LogP contribution in [-0.2, 0) is 88.7 Å². The molecule has 8 rings (SSSR count). The first-order valence-electron chi connectivity index (χ1n) is 29.9. The number of aliphatic hydroxyl groups is 2. The number of nitrogens with zero attached hydrogens (tertiary/aromatic N) is 5. The van der Waals surface area contributed by atoms with Crippen LogP contribution in [0.5, 0.6) is 0 Å². The number of carbonyl (C=O) groups excluding carboxylic acids is 5. The van der Waals surface area contributed by atoms with E-state index >= 15 is 4.39 Å². The highest BCUT2D eigenvalue weighted by molar-refractivity contribution is 5.99. The van der Waals surface area contributed by atoms with E-state index in [9.17, 15) is 39.0 Å². The second kappa shape index (κ2) is 33.2. The molecule has 0 spiro atoms. The summed E-state index contributed by atoms with van der Waals surface area (Å²) in [5.74, 6) is 1.84. The zero-order valence-electron chi connectivity index (χ0n) is 50.0. The molecule has 2 unspecified atom stereocenters. The molecule has 2 aliphatic heterocycles. The number of hydrogen-bond donors (Lipinski definition) is 8. The summed E-state index contributed by atoms with van der Waals surface area (Å²) in [5.41, 5.74) is 13.1. The van der Waals surface area contributed by atoms with Crippen LogP contribution in [0.2, 0.25) is 0 Å². The Morgan fingerprint density at radius 1 is 0.843 bits per heavy atom. The first-order chi connectivity index (χ1) is 43.2. The van der Waals surface area contributed by atoms with Crippen LogP contribution in [0.3, 0.4) is 0 Å². The van der Waals surface area contributed by atoms with E-state index in [0.29, 0.717) is 142 Å². The average Bonchev–Trinajstić information content (AvgIpc) is 1.63. The van der Waals surface area contributed by atoms with Crippen LogP contribution in [0.4, 0.5) is 10.1 Å². The molecule has 0 radical (unpaired) electrons. The molecule has 3 aliphatic rings. The average molecular weight is 1240 g/mol. The molecule has 27 heteroatoms. The fourth-order valence-corrected chi connectivity index (χ4v) is 11.0. The maximum absolute atomic E-state index is 15.6. The summed E-state index contributed by atoms with van der Waals surface area (Å²) in [6.45, 7) is 7.67. The quantitative estimate of drug-likeness (QED) is 0.00520. The number of aromatic nitrogens is 2. The predicted molar refractivity (Wildman–Crippen MR) is 322 cm³/mol. The highest BCUT2D eigenvalue weighted by Gasteiger charge is 2.46. The van der Waals surface area contributed by atoms with Gasteiger partial charge < -0.3 is 69.2 Å². The fourth-order valence-electron chi connectivity index (χ4n) is 11.0. The number of hydrazine groups is 1. The lowest BCUT2D eigenvalue weighted by molar-refractivity contribution is -0.172. The van der Waals surface area contributed by atoms with Gasteiger partial charge in [0.05, 0.1) is 114 Å². The van der Waals surface area contributed by atoms with Gasteiger partial charge in [-0.1, -0.05) is 54.5 Å². The molecule has 1 aliphatic carbocycles. The zero-order valence-corrected chi connectivity index (χ0v) is 50.0. The number of amides is 4. The molecule has 26 nitrogen and oxygen atoms in total. The highest BCUT2D eigenvalue weighted by atomic mass is 19.1. The lowest BCUT2D eigenvalue weighted by Crippen LogP contribution is -2.53. The summed E-state index contributed by atoms with van der Waals surface area (Å²) < 4.78 is 55.1. The Balaban J connectivity index is 0.836. The van der Waals surface area contributed by atoms with Gasteiger partial charge in [0.25, 0.3) is 11.5 Å². The van der Waals surface area contributed by atoms with Gasteiger partial charge in [-0.05, 0) is 97.0 Å². The lowest BCUT2D eigenvalue weighted by Gasteiger charge is -2.31. The minimum absolute atomic E-state index is 0.0279. The van der Waals surface area contributed by atoms with Gasteiger partial charge >= 0.3 is 5.97 Å². The maximum Gasteiger partial charge on any atom is 0.343 e. The summed E-state index contributed by atoms with van der Waals surface area (Å²) >= 11 is 0. The molecule has 0 saturated heterocycles.